The highest BCUT2D eigenvalue weighted by molar-refractivity contribution is 5.95. The molecule has 2 N–H and O–H groups in total. The van der Waals surface area contributed by atoms with E-state index < -0.39 is 0 Å². The number of aliphatic hydroxyl groups excluding tert-OH is 1. The van der Waals surface area contributed by atoms with Crippen LogP contribution in [-0.4, -0.2) is 72.2 Å². The predicted molar refractivity (Wildman–Crippen MR) is 103 cm³/mol. The van der Waals surface area contributed by atoms with Gasteiger partial charge in [0.2, 0.25) is 5.91 Å². The molecule has 2 aliphatic heterocycles. The normalized spacial score (nSPS) is 20.8. The first kappa shape index (κ1) is 19.6. The van der Waals surface area contributed by atoms with Crippen LogP contribution in [0.4, 0.5) is 5.69 Å². The Balaban J connectivity index is 1.65. The number of ether oxygens (including phenoxy) is 1. The summed E-state index contributed by atoms with van der Waals surface area (Å²) in [6.45, 7) is 6.58. The SMILES string of the molecule is CC(C)[C@@H](CN1CC[C@H](O)C1)N(C)C(=O)Cc1ccc2c(c1)NC(=O)CO2. The number of likely N-dealkylation sites (tertiary alicyclic amines) is 1. The summed E-state index contributed by atoms with van der Waals surface area (Å²) in [5.74, 6) is 0.798. The molecule has 1 saturated heterocycles. The Morgan fingerprint density at radius 3 is 2.89 bits per heavy atom. The number of amides is 2. The maximum Gasteiger partial charge on any atom is 0.262 e. The minimum absolute atomic E-state index is 0.0231. The van der Waals surface area contributed by atoms with Crippen LogP contribution >= 0.6 is 0 Å². The lowest BCUT2D eigenvalue weighted by molar-refractivity contribution is -0.132. The molecule has 2 amide bonds. The van der Waals surface area contributed by atoms with Crippen LogP contribution in [0.5, 0.6) is 5.75 Å². The zero-order valence-electron chi connectivity index (χ0n) is 16.3. The summed E-state index contributed by atoms with van der Waals surface area (Å²) in [5, 5.41) is 12.5. The first-order chi connectivity index (χ1) is 12.8. The van der Waals surface area contributed by atoms with Gasteiger partial charge >= 0.3 is 0 Å². The molecule has 0 aromatic heterocycles. The molecule has 3 rings (SSSR count). The molecule has 0 bridgehead atoms. The molecule has 0 unspecified atom stereocenters. The average Bonchev–Trinajstić information content (AvgIpc) is 3.03. The van der Waals surface area contributed by atoms with Crippen molar-refractivity contribution in [1.82, 2.24) is 9.80 Å². The van der Waals surface area contributed by atoms with Crippen molar-refractivity contribution in [2.45, 2.75) is 38.8 Å². The van der Waals surface area contributed by atoms with Gasteiger partial charge in [0.05, 0.1) is 18.2 Å². The van der Waals surface area contributed by atoms with E-state index in [1.165, 1.54) is 0 Å². The Morgan fingerprint density at radius 2 is 2.22 bits per heavy atom. The van der Waals surface area contributed by atoms with Crippen LogP contribution < -0.4 is 10.1 Å². The number of carbonyl (C=O) groups excluding carboxylic acids is 2. The fourth-order valence-electron chi connectivity index (χ4n) is 3.75. The van der Waals surface area contributed by atoms with Crippen molar-refractivity contribution < 1.29 is 19.4 Å². The third-order valence-corrected chi connectivity index (χ3v) is 5.39. The molecule has 27 heavy (non-hydrogen) atoms. The van der Waals surface area contributed by atoms with E-state index in [-0.39, 0.29) is 37.0 Å². The fourth-order valence-corrected chi connectivity index (χ4v) is 3.75. The lowest BCUT2D eigenvalue weighted by atomic mass is 10.0. The second kappa shape index (κ2) is 8.27. The van der Waals surface area contributed by atoms with Gasteiger partial charge in [-0.25, -0.2) is 0 Å². The number of fused-ring (bicyclic) bond motifs is 1. The molecular formula is C20H29N3O4. The van der Waals surface area contributed by atoms with Crippen molar-refractivity contribution in [3.63, 3.8) is 0 Å². The van der Waals surface area contributed by atoms with E-state index in [1.54, 1.807) is 12.1 Å². The number of carbonyl (C=O) groups is 2. The summed E-state index contributed by atoms with van der Waals surface area (Å²) in [4.78, 5) is 28.4. The summed E-state index contributed by atoms with van der Waals surface area (Å²) < 4.78 is 5.36. The summed E-state index contributed by atoms with van der Waals surface area (Å²) in [6.07, 6.45) is 0.809. The Labute approximate surface area is 160 Å². The molecule has 2 heterocycles. The molecule has 1 aromatic carbocycles. The molecule has 7 heteroatoms. The topological polar surface area (TPSA) is 82.1 Å². The van der Waals surface area contributed by atoms with E-state index in [2.05, 4.69) is 24.1 Å². The zero-order valence-corrected chi connectivity index (χ0v) is 16.3. The number of rotatable bonds is 6. The smallest absolute Gasteiger partial charge is 0.262 e. The van der Waals surface area contributed by atoms with Gasteiger partial charge < -0.3 is 20.1 Å². The lowest BCUT2D eigenvalue weighted by Gasteiger charge is -2.34. The maximum atomic E-state index is 12.9. The predicted octanol–water partition coefficient (Wildman–Crippen LogP) is 1.11. The molecule has 7 nitrogen and oxygen atoms in total. The Bertz CT molecular complexity index is 706. The fraction of sp³-hybridized carbons (Fsp3) is 0.600. The maximum absolute atomic E-state index is 12.9. The van der Waals surface area contributed by atoms with Crippen LogP contribution in [0.2, 0.25) is 0 Å². The van der Waals surface area contributed by atoms with Crippen LogP contribution in [0, 0.1) is 5.92 Å². The van der Waals surface area contributed by atoms with Crippen molar-refractivity contribution >= 4 is 17.5 Å². The first-order valence-corrected chi connectivity index (χ1v) is 9.55. The number of nitrogens with zero attached hydrogens (tertiary/aromatic N) is 2. The van der Waals surface area contributed by atoms with Crippen LogP contribution in [0.15, 0.2) is 18.2 Å². The number of aliphatic hydroxyl groups is 1. The van der Waals surface area contributed by atoms with E-state index in [0.29, 0.717) is 23.9 Å². The standard InChI is InChI=1S/C20H29N3O4/c1-13(2)17(11-23-7-6-15(24)10-23)22(3)20(26)9-14-4-5-18-16(8-14)21-19(25)12-27-18/h4-5,8,13,15,17,24H,6-7,9-12H2,1-3H3,(H,21,25)/t15-,17+/m0/s1. The second-order valence-electron chi connectivity index (χ2n) is 7.86. The minimum atomic E-state index is -0.258. The van der Waals surface area contributed by atoms with Gasteiger partial charge in [0.15, 0.2) is 6.61 Å². The summed E-state index contributed by atoms with van der Waals surface area (Å²) >= 11 is 0. The highest BCUT2D eigenvalue weighted by Crippen LogP contribution is 2.29. The molecule has 2 atom stereocenters. The van der Waals surface area contributed by atoms with Gasteiger partial charge in [-0.1, -0.05) is 19.9 Å². The van der Waals surface area contributed by atoms with Crippen LogP contribution in [0.25, 0.3) is 0 Å². The van der Waals surface area contributed by atoms with Gasteiger partial charge in [0.1, 0.15) is 5.75 Å². The molecule has 1 fully saturated rings. The van der Waals surface area contributed by atoms with Gasteiger partial charge in [-0.15, -0.1) is 0 Å². The average molecular weight is 375 g/mol. The molecule has 0 aliphatic carbocycles. The summed E-state index contributed by atoms with van der Waals surface area (Å²) in [7, 11) is 1.85. The van der Waals surface area contributed by atoms with Crippen molar-refractivity contribution in [1.29, 1.82) is 0 Å². The number of nitrogens with one attached hydrogen (secondary N) is 1. The van der Waals surface area contributed by atoms with Crippen molar-refractivity contribution in [3.05, 3.63) is 23.8 Å². The Kier molecular flexibility index (Phi) is 6.01. The summed E-state index contributed by atoms with van der Waals surface area (Å²) in [5.41, 5.74) is 1.46. The molecule has 2 aliphatic rings. The van der Waals surface area contributed by atoms with Crippen LogP contribution in [0.1, 0.15) is 25.8 Å². The highest BCUT2D eigenvalue weighted by atomic mass is 16.5. The largest absolute Gasteiger partial charge is 0.482 e. The van der Waals surface area contributed by atoms with E-state index in [0.717, 1.165) is 25.1 Å². The van der Waals surface area contributed by atoms with Crippen LogP contribution in [0.3, 0.4) is 0 Å². The number of benzene rings is 1. The zero-order chi connectivity index (χ0) is 19.6. The van der Waals surface area contributed by atoms with Gasteiger partial charge in [-0.2, -0.15) is 0 Å². The molecule has 0 saturated carbocycles. The monoisotopic (exact) mass is 375 g/mol. The molecule has 1 aromatic rings. The van der Waals surface area contributed by atoms with Gasteiger partial charge in [-0.05, 0) is 30.0 Å². The van der Waals surface area contributed by atoms with E-state index in [4.69, 9.17) is 4.74 Å². The third kappa shape index (κ3) is 4.78. The second-order valence-corrected chi connectivity index (χ2v) is 7.86. The first-order valence-electron chi connectivity index (χ1n) is 9.55. The molecule has 148 valence electrons. The Hall–Kier alpha value is -2.12. The van der Waals surface area contributed by atoms with Gasteiger partial charge in [0, 0.05) is 32.7 Å². The van der Waals surface area contributed by atoms with E-state index >= 15 is 0 Å². The van der Waals surface area contributed by atoms with Crippen molar-refractivity contribution in [2.75, 3.05) is 38.6 Å². The third-order valence-electron chi connectivity index (χ3n) is 5.39. The highest BCUT2D eigenvalue weighted by Gasteiger charge is 2.29. The van der Waals surface area contributed by atoms with Crippen LogP contribution in [-0.2, 0) is 16.0 Å². The van der Waals surface area contributed by atoms with Gasteiger partial charge in [0.25, 0.3) is 5.91 Å². The molecular weight excluding hydrogens is 346 g/mol. The number of β-amino-alcohol motifs (C(OH)–C–C–N with tert-alkyl or cyclic N) is 1. The van der Waals surface area contributed by atoms with Gasteiger partial charge in [-0.3, -0.25) is 14.5 Å². The molecule has 0 spiro atoms. The lowest BCUT2D eigenvalue weighted by Crippen LogP contribution is -2.48. The molecule has 0 radical (unpaired) electrons. The number of anilines is 1. The van der Waals surface area contributed by atoms with Crippen molar-refractivity contribution in [3.8, 4) is 5.75 Å². The number of hydrogen-bond donors (Lipinski definition) is 2. The summed E-state index contributed by atoms with van der Waals surface area (Å²) in [6, 6.07) is 5.55. The Morgan fingerprint density at radius 1 is 1.44 bits per heavy atom. The van der Waals surface area contributed by atoms with E-state index in [1.807, 2.05) is 18.0 Å². The number of hydrogen-bond acceptors (Lipinski definition) is 5. The number of likely N-dealkylation sites (N-methyl/N-ethyl adjacent to an activating group) is 1. The van der Waals surface area contributed by atoms with E-state index in [9.17, 15) is 14.7 Å². The quantitative estimate of drug-likeness (QED) is 0.778. The minimum Gasteiger partial charge on any atom is -0.482 e. The van der Waals surface area contributed by atoms with Crippen molar-refractivity contribution in [2.24, 2.45) is 5.92 Å².